The number of amides is 1. The fourth-order valence-corrected chi connectivity index (χ4v) is 2.01. The van der Waals surface area contributed by atoms with Crippen LogP contribution in [0.3, 0.4) is 0 Å². The van der Waals surface area contributed by atoms with Crippen LogP contribution < -0.4 is 5.32 Å². The Balaban J connectivity index is 3.05. The van der Waals surface area contributed by atoms with E-state index in [4.69, 9.17) is 4.74 Å². The largest absolute Gasteiger partial charge is 0.480 e. The number of carbonyl (C=O) groups excluding carboxylic acids is 1. The first-order valence-corrected chi connectivity index (χ1v) is 7.43. The third-order valence-corrected chi connectivity index (χ3v) is 3.35. The molecule has 7 nitrogen and oxygen atoms in total. The highest BCUT2D eigenvalue weighted by atomic mass is 16.5. The standard InChI is InChI=1S/C17H23NO6/c1-11(19)18-13-7-5-12(6-8-13)9-17(14(20)21,15(22)23)10-24-16(2,3)4/h5-8H,9-10H2,1-4H3,(H,18,19)(H,20,21)(H,22,23). The van der Waals surface area contributed by atoms with Crippen molar-refractivity contribution in [2.24, 2.45) is 5.41 Å². The molecule has 0 bridgehead atoms. The molecule has 0 radical (unpaired) electrons. The molecule has 1 aromatic carbocycles. The first kappa shape index (κ1) is 19.6. The number of nitrogens with one attached hydrogen (secondary N) is 1. The SMILES string of the molecule is CC(=O)Nc1ccc(CC(COC(C)(C)C)(C(=O)O)C(=O)O)cc1. The van der Waals surface area contributed by atoms with Crippen molar-refractivity contribution in [1.29, 1.82) is 0 Å². The van der Waals surface area contributed by atoms with Gasteiger partial charge < -0.3 is 20.3 Å². The quantitative estimate of drug-likeness (QED) is 0.657. The second-order valence-electron chi connectivity index (χ2n) is 6.65. The van der Waals surface area contributed by atoms with Crippen LogP contribution in [0.15, 0.2) is 24.3 Å². The van der Waals surface area contributed by atoms with Crippen LogP contribution in [0.5, 0.6) is 0 Å². The lowest BCUT2D eigenvalue weighted by Crippen LogP contribution is -2.47. The molecule has 132 valence electrons. The van der Waals surface area contributed by atoms with Crippen molar-refractivity contribution >= 4 is 23.5 Å². The lowest BCUT2D eigenvalue weighted by atomic mass is 9.82. The normalized spacial score (nSPS) is 11.8. The smallest absolute Gasteiger partial charge is 0.323 e. The number of anilines is 1. The maximum Gasteiger partial charge on any atom is 0.323 e. The van der Waals surface area contributed by atoms with E-state index in [1.165, 1.54) is 6.92 Å². The summed E-state index contributed by atoms with van der Waals surface area (Å²) in [5.41, 5.74) is -1.67. The molecule has 1 aromatic rings. The molecule has 0 saturated heterocycles. The number of ether oxygens (including phenoxy) is 1. The van der Waals surface area contributed by atoms with E-state index in [1.807, 2.05) is 0 Å². The van der Waals surface area contributed by atoms with Crippen LogP contribution in [0.2, 0.25) is 0 Å². The Kier molecular flexibility index (Phi) is 6.09. The van der Waals surface area contributed by atoms with Gasteiger partial charge in [-0.3, -0.25) is 14.4 Å². The summed E-state index contributed by atoms with van der Waals surface area (Å²) in [5.74, 6) is -3.14. The Hall–Kier alpha value is -2.41. The summed E-state index contributed by atoms with van der Waals surface area (Å²) in [4.78, 5) is 34.4. The van der Waals surface area contributed by atoms with Crippen LogP contribution >= 0.6 is 0 Å². The van der Waals surface area contributed by atoms with Crippen LogP contribution in [0.1, 0.15) is 33.3 Å². The molecule has 3 N–H and O–H groups in total. The predicted octanol–water partition coefficient (Wildman–Crippen LogP) is 2.16. The van der Waals surface area contributed by atoms with Gasteiger partial charge in [-0.15, -0.1) is 0 Å². The summed E-state index contributed by atoms with van der Waals surface area (Å²) in [5, 5.41) is 21.6. The molecule has 0 aromatic heterocycles. The van der Waals surface area contributed by atoms with E-state index in [0.717, 1.165) is 0 Å². The fraction of sp³-hybridized carbons (Fsp3) is 0.471. The Morgan fingerprint density at radius 3 is 1.92 bits per heavy atom. The number of carbonyl (C=O) groups is 3. The molecule has 0 saturated carbocycles. The zero-order chi connectivity index (χ0) is 18.5. The van der Waals surface area contributed by atoms with E-state index < -0.39 is 29.6 Å². The molecule has 0 unspecified atom stereocenters. The van der Waals surface area contributed by atoms with E-state index in [0.29, 0.717) is 11.3 Å². The fourth-order valence-electron chi connectivity index (χ4n) is 2.01. The molecule has 0 spiro atoms. The van der Waals surface area contributed by atoms with Gasteiger partial charge in [0.25, 0.3) is 0 Å². The zero-order valence-electron chi connectivity index (χ0n) is 14.3. The molecular weight excluding hydrogens is 314 g/mol. The summed E-state index contributed by atoms with van der Waals surface area (Å²) in [7, 11) is 0. The minimum Gasteiger partial charge on any atom is -0.480 e. The van der Waals surface area contributed by atoms with Gasteiger partial charge in [-0.05, 0) is 38.5 Å². The van der Waals surface area contributed by atoms with Gasteiger partial charge in [-0.1, -0.05) is 12.1 Å². The number of aliphatic carboxylic acids is 2. The predicted molar refractivity (Wildman–Crippen MR) is 87.9 cm³/mol. The van der Waals surface area contributed by atoms with Crippen LogP contribution in [0, 0.1) is 5.41 Å². The van der Waals surface area contributed by atoms with Gasteiger partial charge >= 0.3 is 11.9 Å². The highest BCUT2D eigenvalue weighted by Gasteiger charge is 2.48. The number of hydrogen-bond acceptors (Lipinski definition) is 4. The van der Waals surface area contributed by atoms with Crippen molar-refractivity contribution in [3.8, 4) is 0 Å². The number of carboxylic acids is 2. The third-order valence-electron chi connectivity index (χ3n) is 3.35. The van der Waals surface area contributed by atoms with E-state index in [1.54, 1.807) is 45.0 Å². The Morgan fingerprint density at radius 1 is 1.04 bits per heavy atom. The maximum absolute atomic E-state index is 11.7. The number of rotatable bonds is 7. The van der Waals surface area contributed by atoms with Crippen molar-refractivity contribution in [1.82, 2.24) is 0 Å². The van der Waals surface area contributed by atoms with Gasteiger partial charge in [-0.25, -0.2) is 0 Å². The summed E-state index contributed by atoms with van der Waals surface area (Å²) < 4.78 is 5.45. The molecule has 7 heteroatoms. The molecule has 0 aliphatic rings. The Labute approximate surface area is 140 Å². The maximum atomic E-state index is 11.7. The molecule has 0 aliphatic heterocycles. The zero-order valence-corrected chi connectivity index (χ0v) is 14.3. The van der Waals surface area contributed by atoms with Crippen LogP contribution in [-0.2, 0) is 25.5 Å². The lowest BCUT2D eigenvalue weighted by molar-refractivity contribution is -0.173. The topological polar surface area (TPSA) is 113 Å². The minimum atomic E-state index is -2.08. The lowest BCUT2D eigenvalue weighted by Gasteiger charge is -2.29. The van der Waals surface area contributed by atoms with Gasteiger partial charge in [0, 0.05) is 19.0 Å². The Bertz CT molecular complexity index is 601. The molecule has 24 heavy (non-hydrogen) atoms. The molecule has 0 aliphatic carbocycles. The second-order valence-corrected chi connectivity index (χ2v) is 6.65. The first-order valence-electron chi connectivity index (χ1n) is 7.43. The van der Waals surface area contributed by atoms with E-state index >= 15 is 0 Å². The molecule has 0 fully saturated rings. The minimum absolute atomic E-state index is 0.228. The summed E-state index contributed by atoms with van der Waals surface area (Å²) >= 11 is 0. The Morgan fingerprint density at radius 2 is 1.54 bits per heavy atom. The van der Waals surface area contributed by atoms with Crippen molar-refractivity contribution in [2.45, 2.75) is 39.7 Å². The average Bonchev–Trinajstić information content (AvgIpc) is 2.43. The van der Waals surface area contributed by atoms with Gasteiger partial charge in [0.2, 0.25) is 5.91 Å². The van der Waals surface area contributed by atoms with E-state index in [2.05, 4.69) is 5.32 Å². The molecule has 0 heterocycles. The van der Waals surface area contributed by atoms with Crippen LogP contribution in [0.25, 0.3) is 0 Å². The summed E-state index contributed by atoms with van der Waals surface area (Å²) in [6, 6.07) is 6.36. The van der Waals surface area contributed by atoms with E-state index in [-0.39, 0.29) is 12.3 Å². The second kappa shape index (κ2) is 7.44. The highest BCUT2D eigenvalue weighted by molar-refractivity contribution is 5.98. The molecule has 0 atom stereocenters. The van der Waals surface area contributed by atoms with Crippen molar-refractivity contribution in [3.05, 3.63) is 29.8 Å². The number of hydrogen-bond donors (Lipinski definition) is 3. The molecular formula is C17H23NO6. The van der Waals surface area contributed by atoms with Crippen molar-refractivity contribution in [2.75, 3.05) is 11.9 Å². The van der Waals surface area contributed by atoms with Crippen LogP contribution in [0.4, 0.5) is 5.69 Å². The van der Waals surface area contributed by atoms with Crippen molar-refractivity contribution in [3.63, 3.8) is 0 Å². The summed E-state index contributed by atoms with van der Waals surface area (Å²) in [6.07, 6.45) is -0.228. The average molecular weight is 337 g/mol. The first-order chi connectivity index (χ1) is 11.0. The molecule has 1 rings (SSSR count). The monoisotopic (exact) mass is 337 g/mol. The number of carboxylic acid groups (broad SMARTS) is 2. The van der Waals surface area contributed by atoms with Gasteiger partial charge in [-0.2, -0.15) is 0 Å². The van der Waals surface area contributed by atoms with E-state index in [9.17, 15) is 24.6 Å². The molecule has 1 amide bonds. The number of benzene rings is 1. The van der Waals surface area contributed by atoms with Gasteiger partial charge in [0.15, 0.2) is 5.41 Å². The highest BCUT2D eigenvalue weighted by Crippen LogP contribution is 2.28. The van der Waals surface area contributed by atoms with Gasteiger partial charge in [0.05, 0.1) is 12.2 Å². The summed E-state index contributed by atoms with van der Waals surface area (Å²) in [6.45, 7) is 6.10. The third kappa shape index (κ3) is 5.34. The van der Waals surface area contributed by atoms with Gasteiger partial charge in [0.1, 0.15) is 0 Å². The van der Waals surface area contributed by atoms with Crippen molar-refractivity contribution < 1.29 is 29.3 Å². The van der Waals surface area contributed by atoms with Crippen LogP contribution in [-0.4, -0.2) is 40.3 Å².